The Balaban J connectivity index is 1.64. The Morgan fingerprint density at radius 2 is 1.75 bits per heavy atom. The lowest BCUT2D eigenvalue weighted by Crippen LogP contribution is -2.07. The second-order valence-electron chi connectivity index (χ2n) is 6.37. The van der Waals surface area contributed by atoms with E-state index in [9.17, 15) is 4.79 Å². The molecule has 140 valence electrons. The van der Waals surface area contributed by atoms with Crippen LogP contribution < -0.4 is 0 Å². The minimum Gasteiger partial charge on any atom is -0.466 e. The minimum atomic E-state index is -0.227. The van der Waals surface area contributed by atoms with Gasteiger partial charge in [0, 0.05) is 5.56 Å². The summed E-state index contributed by atoms with van der Waals surface area (Å²) in [6.07, 6.45) is 0.258. The fourth-order valence-corrected chi connectivity index (χ4v) is 3.59. The third-order valence-electron chi connectivity index (χ3n) is 4.41. The Morgan fingerprint density at radius 1 is 1.00 bits per heavy atom. The molecule has 0 spiro atoms. The van der Waals surface area contributed by atoms with Crippen molar-refractivity contribution in [1.82, 2.24) is 4.98 Å². The Bertz CT molecular complexity index is 1120. The van der Waals surface area contributed by atoms with Crippen LogP contribution in [0.1, 0.15) is 12.5 Å². The van der Waals surface area contributed by atoms with E-state index in [2.05, 4.69) is 33.0 Å². The van der Waals surface area contributed by atoms with Gasteiger partial charge in [0.25, 0.3) is 0 Å². The zero-order valence-electron chi connectivity index (χ0n) is 15.3. The Labute approximate surface area is 171 Å². The second-order valence-corrected chi connectivity index (χ2v) is 7.22. The van der Waals surface area contributed by atoms with Gasteiger partial charge in [0.2, 0.25) is 5.89 Å². The zero-order valence-corrected chi connectivity index (χ0v) is 16.9. The van der Waals surface area contributed by atoms with E-state index in [0.29, 0.717) is 18.1 Å². The van der Waals surface area contributed by atoms with Gasteiger partial charge in [-0.3, -0.25) is 4.79 Å². The van der Waals surface area contributed by atoms with E-state index in [1.165, 1.54) is 0 Å². The third kappa shape index (κ3) is 3.85. The van der Waals surface area contributed by atoms with Crippen molar-refractivity contribution < 1.29 is 13.9 Å². The van der Waals surface area contributed by atoms with Crippen LogP contribution >= 0.6 is 15.9 Å². The van der Waals surface area contributed by atoms with Gasteiger partial charge in [-0.2, -0.15) is 0 Å². The van der Waals surface area contributed by atoms with Crippen molar-refractivity contribution in [3.05, 3.63) is 76.8 Å². The number of halogens is 1. The average molecular weight is 436 g/mol. The first-order chi connectivity index (χ1) is 13.6. The van der Waals surface area contributed by atoms with Crippen LogP contribution in [-0.2, 0) is 16.0 Å². The van der Waals surface area contributed by atoms with Crippen molar-refractivity contribution >= 4 is 33.0 Å². The maximum atomic E-state index is 11.6. The number of carbonyl (C=O) groups is 1. The van der Waals surface area contributed by atoms with Crippen LogP contribution in [0.25, 0.3) is 33.7 Å². The van der Waals surface area contributed by atoms with E-state index in [1.54, 1.807) is 6.92 Å². The highest BCUT2D eigenvalue weighted by molar-refractivity contribution is 9.10. The number of oxazole rings is 1. The number of rotatable bonds is 5. The Hall–Kier alpha value is -2.92. The molecule has 1 aromatic heterocycles. The molecule has 0 bridgehead atoms. The summed E-state index contributed by atoms with van der Waals surface area (Å²) in [6, 6.07) is 21.8. The van der Waals surface area contributed by atoms with Crippen LogP contribution in [0.15, 0.2) is 75.6 Å². The SMILES string of the molecule is CCOC(=O)Cc1ccc(-c2nc3cc(-c4ccccc4)cc(Br)c3o2)cc1. The first-order valence-corrected chi connectivity index (χ1v) is 9.84. The lowest BCUT2D eigenvalue weighted by atomic mass is 10.1. The van der Waals surface area contributed by atoms with E-state index < -0.39 is 0 Å². The molecule has 4 aromatic rings. The van der Waals surface area contributed by atoms with Crippen LogP contribution in [0.2, 0.25) is 0 Å². The first-order valence-electron chi connectivity index (χ1n) is 9.04. The van der Waals surface area contributed by atoms with Crippen LogP contribution in [0.3, 0.4) is 0 Å². The highest BCUT2D eigenvalue weighted by Crippen LogP contribution is 2.34. The van der Waals surface area contributed by atoms with Crippen molar-refractivity contribution in [3.8, 4) is 22.6 Å². The van der Waals surface area contributed by atoms with E-state index in [-0.39, 0.29) is 12.4 Å². The van der Waals surface area contributed by atoms with Crippen molar-refractivity contribution in [1.29, 1.82) is 0 Å². The summed E-state index contributed by atoms with van der Waals surface area (Å²) >= 11 is 3.60. The molecule has 4 nitrogen and oxygen atoms in total. The summed E-state index contributed by atoms with van der Waals surface area (Å²) in [6.45, 7) is 2.19. The molecule has 4 rings (SSSR count). The standard InChI is InChI=1S/C23H18BrNO3/c1-2-27-21(26)12-15-8-10-17(11-9-15)23-25-20-14-18(13-19(24)22(20)28-23)16-6-4-3-5-7-16/h3-11,13-14H,2,12H2,1H3. The van der Waals surface area contributed by atoms with Gasteiger partial charge < -0.3 is 9.15 Å². The number of ether oxygens (including phenoxy) is 1. The van der Waals surface area contributed by atoms with E-state index in [4.69, 9.17) is 9.15 Å². The summed E-state index contributed by atoms with van der Waals surface area (Å²) < 4.78 is 11.8. The van der Waals surface area contributed by atoms with Crippen LogP contribution in [0.4, 0.5) is 0 Å². The predicted octanol–water partition coefficient (Wildman–Crippen LogP) is 6.03. The maximum Gasteiger partial charge on any atom is 0.310 e. The number of fused-ring (bicyclic) bond motifs is 1. The van der Waals surface area contributed by atoms with Gasteiger partial charge in [-0.1, -0.05) is 42.5 Å². The number of aromatic nitrogens is 1. The van der Waals surface area contributed by atoms with Gasteiger partial charge in [-0.05, 0) is 63.8 Å². The number of nitrogens with zero attached hydrogens (tertiary/aromatic N) is 1. The molecule has 0 saturated heterocycles. The van der Waals surface area contributed by atoms with Crippen molar-refractivity contribution in [3.63, 3.8) is 0 Å². The van der Waals surface area contributed by atoms with Gasteiger partial charge in [0.15, 0.2) is 5.58 Å². The Kier molecular flexibility index (Phi) is 5.26. The molecule has 0 atom stereocenters. The van der Waals surface area contributed by atoms with Gasteiger partial charge in [0.05, 0.1) is 17.5 Å². The fraction of sp³-hybridized carbons (Fsp3) is 0.130. The normalized spacial score (nSPS) is 10.9. The molecule has 0 radical (unpaired) electrons. The second kappa shape index (κ2) is 7.98. The highest BCUT2D eigenvalue weighted by atomic mass is 79.9. The summed E-state index contributed by atoms with van der Waals surface area (Å²) in [5.74, 6) is 0.318. The molecular weight excluding hydrogens is 418 g/mol. The number of hydrogen-bond donors (Lipinski definition) is 0. The summed E-state index contributed by atoms with van der Waals surface area (Å²) in [4.78, 5) is 16.3. The molecule has 0 saturated carbocycles. The fourth-order valence-electron chi connectivity index (χ4n) is 3.06. The van der Waals surface area contributed by atoms with Crippen LogP contribution in [-0.4, -0.2) is 17.6 Å². The lowest BCUT2D eigenvalue weighted by molar-refractivity contribution is -0.142. The third-order valence-corrected chi connectivity index (χ3v) is 5.00. The predicted molar refractivity (Wildman–Crippen MR) is 113 cm³/mol. The molecule has 0 unspecified atom stereocenters. The monoisotopic (exact) mass is 435 g/mol. The van der Waals surface area contributed by atoms with E-state index in [1.807, 2.05) is 54.6 Å². The van der Waals surface area contributed by atoms with E-state index in [0.717, 1.165) is 32.2 Å². The topological polar surface area (TPSA) is 52.3 Å². The Morgan fingerprint density at radius 3 is 2.46 bits per heavy atom. The van der Waals surface area contributed by atoms with Crippen molar-refractivity contribution in [2.75, 3.05) is 6.61 Å². The number of hydrogen-bond acceptors (Lipinski definition) is 4. The van der Waals surface area contributed by atoms with Crippen molar-refractivity contribution in [2.45, 2.75) is 13.3 Å². The smallest absolute Gasteiger partial charge is 0.310 e. The average Bonchev–Trinajstić information content (AvgIpc) is 3.14. The van der Waals surface area contributed by atoms with Crippen molar-refractivity contribution in [2.24, 2.45) is 0 Å². The number of carbonyl (C=O) groups excluding carboxylic acids is 1. The summed E-state index contributed by atoms with van der Waals surface area (Å²) in [7, 11) is 0. The summed E-state index contributed by atoms with van der Waals surface area (Å²) in [5, 5.41) is 0. The van der Waals surface area contributed by atoms with Gasteiger partial charge >= 0.3 is 5.97 Å². The molecule has 1 heterocycles. The molecule has 0 N–H and O–H groups in total. The molecule has 0 fully saturated rings. The lowest BCUT2D eigenvalue weighted by Gasteiger charge is -2.02. The van der Waals surface area contributed by atoms with Crippen LogP contribution in [0.5, 0.6) is 0 Å². The van der Waals surface area contributed by atoms with E-state index >= 15 is 0 Å². The van der Waals surface area contributed by atoms with Crippen LogP contribution in [0, 0.1) is 0 Å². The molecule has 28 heavy (non-hydrogen) atoms. The summed E-state index contributed by atoms with van der Waals surface area (Å²) in [5.41, 5.74) is 5.45. The van der Waals surface area contributed by atoms with Gasteiger partial charge in [0.1, 0.15) is 5.52 Å². The van der Waals surface area contributed by atoms with Gasteiger partial charge in [-0.15, -0.1) is 0 Å². The quantitative estimate of drug-likeness (QED) is 0.359. The molecular formula is C23H18BrNO3. The van der Waals surface area contributed by atoms with Gasteiger partial charge in [-0.25, -0.2) is 4.98 Å². The zero-order chi connectivity index (χ0) is 19.5. The number of esters is 1. The highest BCUT2D eigenvalue weighted by Gasteiger charge is 2.13. The molecule has 3 aromatic carbocycles. The molecule has 0 aliphatic carbocycles. The first kappa shape index (κ1) is 18.4. The largest absolute Gasteiger partial charge is 0.466 e. The molecule has 5 heteroatoms. The maximum absolute atomic E-state index is 11.6. The minimum absolute atomic E-state index is 0.227. The number of benzene rings is 3. The molecule has 0 aliphatic heterocycles. The molecule has 0 amide bonds. The molecule has 0 aliphatic rings.